The summed E-state index contributed by atoms with van der Waals surface area (Å²) in [5.41, 5.74) is 0.333. The Morgan fingerprint density at radius 1 is 1.56 bits per heavy atom. The number of carbonyl (C=O) groups excluding carboxylic acids is 1. The van der Waals surface area contributed by atoms with Crippen LogP contribution in [0.4, 0.5) is 5.13 Å². The van der Waals surface area contributed by atoms with Gasteiger partial charge in [0.05, 0.1) is 13.7 Å². The number of methoxy groups -OCH3 is 1. The van der Waals surface area contributed by atoms with Crippen molar-refractivity contribution in [2.24, 2.45) is 0 Å². The van der Waals surface area contributed by atoms with E-state index in [2.05, 4.69) is 9.72 Å². The second-order valence-corrected chi connectivity index (χ2v) is 4.71. The fourth-order valence-corrected chi connectivity index (χ4v) is 2.27. The number of anilines is 1. The molecule has 2 aromatic rings. The molecule has 0 radical (unpaired) electrons. The standard InChI is InChI=1S/C12H14N2O3S/c1-8-4-5-9(17-8)6-14(2)12-13-10(7-18-12)11(15)16-3/h4-5,7H,6H2,1-3H3. The van der Waals surface area contributed by atoms with Gasteiger partial charge in [0.1, 0.15) is 11.5 Å². The second-order valence-electron chi connectivity index (χ2n) is 3.88. The average Bonchev–Trinajstić information content (AvgIpc) is 2.97. The topological polar surface area (TPSA) is 55.6 Å². The predicted molar refractivity (Wildman–Crippen MR) is 69.0 cm³/mol. The smallest absolute Gasteiger partial charge is 0.357 e. The van der Waals surface area contributed by atoms with Crippen LogP contribution in [0.25, 0.3) is 0 Å². The molecule has 2 rings (SSSR count). The first-order valence-electron chi connectivity index (χ1n) is 5.40. The van der Waals surface area contributed by atoms with Gasteiger partial charge < -0.3 is 14.1 Å². The SMILES string of the molecule is COC(=O)c1csc(N(C)Cc2ccc(C)o2)n1. The Hall–Kier alpha value is -1.82. The highest BCUT2D eigenvalue weighted by molar-refractivity contribution is 7.13. The molecule has 0 amide bonds. The van der Waals surface area contributed by atoms with Crippen LogP contribution in [-0.2, 0) is 11.3 Å². The summed E-state index contributed by atoms with van der Waals surface area (Å²) >= 11 is 1.40. The van der Waals surface area contributed by atoms with Gasteiger partial charge in [0.25, 0.3) is 0 Å². The van der Waals surface area contributed by atoms with Crippen molar-refractivity contribution < 1.29 is 13.9 Å². The van der Waals surface area contributed by atoms with Gasteiger partial charge in [-0.1, -0.05) is 0 Å². The number of aryl methyl sites for hydroxylation is 1. The Morgan fingerprint density at radius 3 is 2.94 bits per heavy atom. The monoisotopic (exact) mass is 266 g/mol. The fourth-order valence-electron chi connectivity index (χ4n) is 1.51. The van der Waals surface area contributed by atoms with Gasteiger partial charge in [-0.15, -0.1) is 11.3 Å². The first-order chi connectivity index (χ1) is 8.60. The molecule has 0 aromatic carbocycles. The molecule has 0 saturated carbocycles. The molecule has 96 valence electrons. The van der Waals surface area contributed by atoms with Crippen LogP contribution >= 0.6 is 11.3 Å². The van der Waals surface area contributed by atoms with Gasteiger partial charge in [-0.25, -0.2) is 9.78 Å². The summed E-state index contributed by atoms with van der Waals surface area (Å²) in [5, 5.41) is 2.44. The number of carbonyl (C=O) groups is 1. The van der Waals surface area contributed by atoms with Crippen LogP contribution in [0.5, 0.6) is 0 Å². The summed E-state index contributed by atoms with van der Waals surface area (Å²) in [7, 11) is 3.24. The van der Waals surface area contributed by atoms with Gasteiger partial charge in [0.15, 0.2) is 10.8 Å². The normalized spacial score (nSPS) is 10.4. The number of esters is 1. The Kier molecular flexibility index (Phi) is 3.66. The molecule has 0 aliphatic carbocycles. The molecule has 0 unspecified atom stereocenters. The molecule has 0 N–H and O–H groups in total. The Labute approximate surface area is 109 Å². The number of rotatable bonds is 4. The van der Waals surface area contributed by atoms with Gasteiger partial charge in [-0.2, -0.15) is 0 Å². The van der Waals surface area contributed by atoms with E-state index in [9.17, 15) is 4.79 Å². The third-order valence-corrected chi connectivity index (χ3v) is 3.36. The van der Waals surface area contributed by atoms with E-state index in [0.717, 1.165) is 16.7 Å². The van der Waals surface area contributed by atoms with Crippen LogP contribution < -0.4 is 4.90 Å². The highest BCUT2D eigenvalue weighted by Crippen LogP contribution is 2.22. The predicted octanol–water partition coefficient (Wildman–Crippen LogP) is 2.47. The van der Waals surface area contributed by atoms with Crippen LogP contribution in [0.2, 0.25) is 0 Å². The first kappa shape index (κ1) is 12.6. The molecule has 0 aliphatic heterocycles. The van der Waals surface area contributed by atoms with Gasteiger partial charge in [-0.05, 0) is 19.1 Å². The third kappa shape index (κ3) is 2.70. The Balaban J connectivity index is 2.07. The van der Waals surface area contributed by atoms with Crippen molar-refractivity contribution >= 4 is 22.4 Å². The molecule has 18 heavy (non-hydrogen) atoms. The van der Waals surface area contributed by atoms with Gasteiger partial charge >= 0.3 is 5.97 Å². The summed E-state index contributed by atoms with van der Waals surface area (Å²) in [6.45, 7) is 2.52. The van der Waals surface area contributed by atoms with Crippen molar-refractivity contribution in [3.05, 3.63) is 34.7 Å². The first-order valence-corrected chi connectivity index (χ1v) is 6.28. The van der Waals surface area contributed by atoms with Crippen LogP contribution in [0, 0.1) is 6.92 Å². The number of hydrogen-bond acceptors (Lipinski definition) is 6. The number of aromatic nitrogens is 1. The molecule has 2 heterocycles. The van der Waals surface area contributed by atoms with E-state index >= 15 is 0 Å². The minimum Gasteiger partial charge on any atom is -0.464 e. The average molecular weight is 266 g/mol. The third-order valence-electron chi connectivity index (χ3n) is 2.40. The largest absolute Gasteiger partial charge is 0.464 e. The minimum atomic E-state index is -0.417. The highest BCUT2D eigenvalue weighted by Gasteiger charge is 2.14. The summed E-state index contributed by atoms with van der Waals surface area (Å²) in [6.07, 6.45) is 0. The zero-order valence-electron chi connectivity index (χ0n) is 10.5. The number of furan rings is 1. The fraction of sp³-hybridized carbons (Fsp3) is 0.333. The lowest BCUT2D eigenvalue weighted by Gasteiger charge is -2.13. The van der Waals surface area contributed by atoms with Crippen molar-refractivity contribution in [1.82, 2.24) is 4.98 Å². The Bertz CT molecular complexity index is 547. The second kappa shape index (κ2) is 5.22. The molecule has 0 atom stereocenters. The number of thiazole rings is 1. The lowest BCUT2D eigenvalue weighted by Crippen LogP contribution is -2.16. The van der Waals surface area contributed by atoms with Crippen molar-refractivity contribution in [1.29, 1.82) is 0 Å². The van der Waals surface area contributed by atoms with E-state index in [4.69, 9.17) is 4.42 Å². The Morgan fingerprint density at radius 2 is 2.33 bits per heavy atom. The van der Waals surface area contributed by atoms with E-state index in [0.29, 0.717) is 12.2 Å². The van der Waals surface area contributed by atoms with Crippen LogP contribution in [0.3, 0.4) is 0 Å². The van der Waals surface area contributed by atoms with Crippen molar-refractivity contribution in [3.8, 4) is 0 Å². The number of ether oxygens (including phenoxy) is 1. The molecule has 5 nitrogen and oxygen atoms in total. The van der Waals surface area contributed by atoms with Crippen molar-refractivity contribution in [2.75, 3.05) is 19.1 Å². The quantitative estimate of drug-likeness (QED) is 0.796. The lowest BCUT2D eigenvalue weighted by atomic mass is 10.4. The molecular formula is C12H14N2O3S. The summed E-state index contributed by atoms with van der Waals surface area (Å²) < 4.78 is 10.1. The molecule has 0 spiro atoms. The van der Waals surface area contributed by atoms with E-state index in [1.165, 1.54) is 18.4 Å². The minimum absolute atomic E-state index is 0.333. The van der Waals surface area contributed by atoms with Crippen LogP contribution in [0.15, 0.2) is 21.9 Å². The van der Waals surface area contributed by atoms with Crippen molar-refractivity contribution in [3.63, 3.8) is 0 Å². The van der Waals surface area contributed by atoms with Crippen LogP contribution in [-0.4, -0.2) is 25.1 Å². The lowest BCUT2D eigenvalue weighted by molar-refractivity contribution is 0.0595. The maximum Gasteiger partial charge on any atom is 0.357 e. The van der Waals surface area contributed by atoms with Crippen LogP contribution in [0.1, 0.15) is 22.0 Å². The highest BCUT2D eigenvalue weighted by atomic mass is 32.1. The number of nitrogens with zero attached hydrogens (tertiary/aromatic N) is 2. The zero-order chi connectivity index (χ0) is 13.1. The maximum atomic E-state index is 11.3. The van der Waals surface area contributed by atoms with Gasteiger partial charge in [-0.3, -0.25) is 0 Å². The van der Waals surface area contributed by atoms with E-state index in [-0.39, 0.29) is 0 Å². The molecular weight excluding hydrogens is 252 g/mol. The summed E-state index contributed by atoms with van der Waals surface area (Å²) in [5.74, 6) is 1.33. The summed E-state index contributed by atoms with van der Waals surface area (Å²) in [4.78, 5) is 17.4. The van der Waals surface area contributed by atoms with Crippen molar-refractivity contribution in [2.45, 2.75) is 13.5 Å². The van der Waals surface area contributed by atoms with Gasteiger partial charge in [0, 0.05) is 12.4 Å². The number of hydrogen-bond donors (Lipinski definition) is 0. The van der Waals surface area contributed by atoms with E-state index < -0.39 is 5.97 Å². The maximum absolute atomic E-state index is 11.3. The molecule has 0 bridgehead atoms. The molecule has 0 aliphatic rings. The molecule has 0 fully saturated rings. The van der Waals surface area contributed by atoms with Gasteiger partial charge in [0.2, 0.25) is 0 Å². The van der Waals surface area contributed by atoms with E-state index in [1.807, 2.05) is 31.0 Å². The zero-order valence-corrected chi connectivity index (χ0v) is 11.3. The molecule has 0 saturated heterocycles. The van der Waals surface area contributed by atoms with E-state index in [1.54, 1.807) is 5.38 Å². The molecule has 6 heteroatoms. The molecule has 2 aromatic heterocycles. The summed E-state index contributed by atoms with van der Waals surface area (Å²) in [6, 6.07) is 3.85.